The standard InChI is InChI=1S/C18H22O4/c19-13(7-6-12-4-2-1-3-5-12)8-9-14-15-10-18(21)22-17(15)11-16(14)20/h1-5,8-9,13-17,19-20H,6-7,10-11H2. The smallest absolute Gasteiger partial charge is 0.306 e. The Hall–Kier alpha value is -1.65. The molecule has 0 aromatic heterocycles. The summed E-state index contributed by atoms with van der Waals surface area (Å²) in [4.78, 5) is 11.3. The molecule has 118 valence electrons. The maximum absolute atomic E-state index is 11.3. The Morgan fingerprint density at radius 3 is 2.86 bits per heavy atom. The summed E-state index contributed by atoms with van der Waals surface area (Å²) < 4.78 is 5.20. The molecule has 1 heterocycles. The van der Waals surface area contributed by atoms with Crippen LogP contribution in [0, 0.1) is 11.8 Å². The number of ether oxygens (including phenoxy) is 1. The van der Waals surface area contributed by atoms with Gasteiger partial charge in [-0.2, -0.15) is 0 Å². The van der Waals surface area contributed by atoms with Crippen LogP contribution < -0.4 is 0 Å². The average Bonchev–Trinajstić information content (AvgIpc) is 2.99. The summed E-state index contributed by atoms with van der Waals surface area (Å²) in [6.07, 6.45) is 4.78. The highest BCUT2D eigenvalue weighted by Gasteiger charge is 2.48. The first kappa shape index (κ1) is 15.3. The number of aryl methyl sites for hydroxylation is 1. The predicted molar refractivity (Wildman–Crippen MR) is 82.0 cm³/mol. The molecule has 0 bridgehead atoms. The molecule has 1 saturated carbocycles. The number of benzene rings is 1. The van der Waals surface area contributed by atoms with Crippen molar-refractivity contribution in [3.63, 3.8) is 0 Å². The summed E-state index contributed by atoms with van der Waals surface area (Å²) in [5.41, 5.74) is 1.20. The summed E-state index contributed by atoms with van der Waals surface area (Å²) in [6, 6.07) is 10.0. The largest absolute Gasteiger partial charge is 0.462 e. The van der Waals surface area contributed by atoms with Gasteiger partial charge >= 0.3 is 5.97 Å². The molecule has 2 fully saturated rings. The number of esters is 1. The van der Waals surface area contributed by atoms with Crippen LogP contribution in [0.3, 0.4) is 0 Å². The minimum atomic E-state index is -0.538. The van der Waals surface area contributed by atoms with Crippen LogP contribution in [-0.2, 0) is 16.0 Å². The minimum Gasteiger partial charge on any atom is -0.462 e. The Kier molecular flexibility index (Phi) is 4.60. The zero-order valence-electron chi connectivity index (χ0n) is 12.5. The molecule has 22 heavy (non-hydrogen) atoms. The third-order valence-electron chi connectivity index (χ3n) is 4.70. The molecule has 2 N–H and O–H groups in total. The maximum Gasteiger partial charge on any atom is 0.306 e. The van der Waals surface area contributed by atoms with Gasteiger partial charge in [0.05, 0.1) is 18.6 Å². The van der Waals surface area contributed by atoms with Crippen molar-refractivity contribution in [1.29, 1.82) is 0 Å². The first-order chi connectivity index (χ1) is 10.6. The van der Waals surface area contributed by atoms with Crippen molar-refractivity contribution in [1.82, 2.24) is 0 Å². The van der Waals surface area contributed by atoms with E-state index in [9.17, 15) is 15.0 Å². The van der Waals surface area contributed by atoms with E-state index in [2.05, 4.69) is 0 Å². The second kappa shape index (κ2) is 6.63. The van der Waals surface area contributed by atoms with Gasteiger partial charge in [0.1, 0.15) is 6.10 Å². The fourth-order valence-electron chi connectivity index (χ4n) is 3.50. The van der Waals surface area contributed by atoms with Crippen molar-refractivity contribution in [3.8, 4) is 0 Å². The number of hydrogen-bond acceptors (Lipinski definition) is 4. The lowest BCUT2D eigenvalue weighted by Gasteiger charge is -2.15. The molecular formula is C18H22O4. The Morgan fingerprint density at radius 2 is 2.09 bits per heavy atom. The molecule has 0 spiro atoms. The van der Waals surface area contributed by atoms with Gasteiger partial charge in [-0.25, -0.2) is 0 Å². The van der Waals surface area contributed by atoms with Gasteiger partial charge in [0, 0.05) is 18.3 Å². The number of hydrogen-bond donors (Lipinski definition) is 2. The van der Waals surface area contributed by atoms with Gasteiger partial charge in [-0.1, -0.05) is 42.5 Å². The Morgan fingerprint density at radius 1 is 1.32 bits per heavy atom. The van der Waals surface area contributed by atoms with Gasteiger partial charge in [0.25, 0.3) is 0 Å². The van der Waals surface area contributed by atoms with Crippen molar-refractivity contribution in [3.05, 3.63) is 48.0 Å². The van der Waals surface area contributed by atoms with Crippen molar-refractivity contribution in [2.75, 3.05) is 0 Å². The molecule has 1 saturated heterocycles. The van der Waals surface area contributed by atoms with Crippen molar-refractivity contribution in [2.24, 2.45) is 11.8 Å². The molecule has 0 radical (unpaired) electrons. The van der Waals surface area contributed by atoms with Gasteiger partial charge in [-0.3, -0.25) is 4.79 Å². The molecule has 5 unspecified atom stereocenters. The third kappa shape index (κ3) is 3.39. The van der Waals surface area contributed by atoms with Crippen LogP contribution >= 0.6 is 0 Å². The van der Waals surface area contributed by atoms with E-state index >= 15 is 0 Å². The molecule has 1 aromatic carbocycles. The van der Waals surface area contributed by atoms with Crippen LogP contribution in [0.1, 0.15) is 24.8 Å². The second-order valence-corrected chi connectivity index (χ2v) is 6.25. The van der Waals surface area contributed by atoms with Gasteiger partial charge in [-0.05, 0) is 18.4 Å². The number of rotatable bonds is 5. The first-order valence-corrected chi connectivity index (χ1v) is 7.91. The fourth-order valence-corrected chi connectivity index (χ4v) is 3.50. The summed E-state index contributed by atoms with van der Waals surface area (Å²) in [5.74, 6) is -0.215. The van der Waals surface area contributed by atoms with Crippen LogP contribution in [0.4, 0.5) is 0 Å². The Balaban J connectivity index is 1.53. The summed E-state index contributed by atoms with van der Waals surface area (Å²) >= 11 is 0. The van der Waals surface area contributed by atoms with Gasteiger partial charge in [-0.15, -0.1) is 0 Å². The predicted octanol–water partition coefficient (Wildman–Crippen LogP) is 1.85. The lowest BCUT2D eigenvalue weighted by Crippen LogP contribution is -2.18. The fraction of sp³-hybridized carbons (Fsp3) is 0.500. The van der Waals surface area contributed by atoms with Crippen molar-refractivity contribution < 1.29 is 19.7 Å². The summed E-state index contributed by atoms with van der Waals surface area (Å²) in [7, 11) is 0. The first-order valence-electron chi connectivity index (χ1n) is 7.91. The molecule has 2 aliphatic rings. The summed E-state index contributed by atoms with van der Waals surface area (Å²) in [6.45, 7) is 0. The Bertz CT molecular complexity index is 539. The van der Waals surface area contributed by atoms with E-state index in [-0.39, 0.29) is 23.9 Å². The highest BCUT2D eigenvalue weighted by molar-refractivity contribution is 5.72. The van der Waals surface area contributed by atoms with Crippen LogP contribution in [0.2, 0.25) is 0 Å². The molecule has 5 atom stereocenters. The van der Waals surface area contributed by atoms with Gasteiger partial charge in [0.2, 0.25) is 0 Å². The SMILES string of the molecule is O=C1CC2C(CC(O)C2C=CC(O)CCc2ccccc2)O1. The second-order valence-electron chi connectivity index (χ2n) is 6.25. The number of fused-ring (bicyclic) bond motifs is 1. The van der Waals surface area contributed by atoms with E-state index < -0.39 is 12.2 Å². The number of carbonyl (C=O) groups excluding carboxylic acids is 1. The topological polar surface area (TPSA) is 66.8 Å². The Labute approximate surface area is 130 Å². The number of carbonyl (C=O) groups is 1. The highest BCUT2D eigenvalue weighted by atomic mass is 16.6. The molecule has 1 aliphatic heterocycles. The zero-order chi connectivity index (χ0) is 15.5. The van der Waals surface area contributed by atoms with Crippen LogP contribution in [0.15, 0.2) is 42.5 Å². The molecule has 1 aromatic rings. The molecule has 3 rings (SSSR count). The van der Waals surface area contributed by atoms with E-state index in [1.807, 2.05) is 36.4 Å². The molecule has 0 amide bonds. The van der Waals surface area contributed by atoms with E-state index in [0.717, 1.165) is 6.42 Å². The molecule has 1 aliphatic carbocycles. The number of aliphatic hydroxyl groups excluding tert-OH is 2. The minimum absolute atomic E-state index is 0.0556. The highest BCUT2D eigenvalue weighted by Crippen LogP contribution is 2.42. The van der Waals surface area contributed by atoms with E-state index in [1.54, 1.807) is 6.08 Å². The van der Waals surface area contributed by atoms with E-state index in [0.29, 0.717) is 19.3 Å². The molecule has 4 heteroatoms. The molecule has 4 nitrogen and oxygen atoms in total. The third-order valence-corrected chi connectivity index (χ3v) is 4.70. The lowest BCUT2D eigenvalue weighted by molar-refractivity contribution is -0.141. The van der Waals surface area contributed by atoms with Crippen LogP contribution in [0.25, 0.3) is 0 Å². The maximum atomic E-state index is 11.3. The van der Waals surface area contributed by atoms with Crippen molar-refractivity contribution in [2.45, 2.75) is 44.0 Å². The van der Waals surface area contributed by atoms with Crippen LogP contribution in [-0.4, -0.2) is 34.5 Å². The van der Waals surface area contributed by atoms with Crippen LogP contribution in [0.5, 0.6) is 0 Å². The quantitative estimate of drug-likeness (QED) is 0.643. The molecular weight excluding hydrogens is 280 g/mol. The van der Waals surface area contributed by atoms with E-state index in [4.69, 9.17) is 4.74 Å². The van der Waals surface area contributed by atoms with E-state index in [1.165, 1.54) is 5.56 Å². The monoisotopic (exact) mass is 302 g/mol. The van der Waals surface area contributed by atoms with Gasteiger partial charge in [0.15, 0.2) is 0 Å². The summed E-state index contributed by atoms with van der Waals surface area (Å²) in [5, 5.41) is 20.2. The average molecular weight is 302 g/mol. The zero-order valence-corrected chi connectivity index (χ0v) is 12.5. The normalized spacial score (nSPS) is 32.2. The number of aliphatic hydroxyl groups is 2. The van der Waals surface area contributed by atoms with Gasteiger partial charge < -0.3 is 14.9 Å². The lowest BCUT2D eigenvalue weighted by atomic mass is 9.91. The van der Waals surface area contributed by atoms with Crippen molar-refractivity contribution >= 4 is 5.97 Å².